The van der Waals surface area contributed by atoms with Crippen molar-refractivity contribution in [1.29, 1.82) is 0 Å². The number of nitrogens with one attached hydrogen (secondary N) is 2. The molecule has 0 radical (unpaired) electrons. The van der Waals surface area contributed by atoms with Gasteiger partial charge in [0.15, 0.2) is 11.6 Å². The average Bonchev–Trinajstić information content (AvgIpc) is 3.96. The standard InChI is InChI=1S/C61H75F2N11O4/c1-7-47-38(2)8-10-42-28-46(76)29-49(53(42)47)56-55(63)57-50(30-65-56)58(72-33-43-11-12-44(34-72)66-43)68-60(67-57)78-27-26-69-20-16-41(17-21-69)32-73-25-24-70(37-61(73,4)5)31-40-18-22-71(23-19-40)52-15-14-48-51(54(52)62)35-74(59(48)77)45(36-75)13-9-39(3)64-6/h1,8,10,14-15,28-30,36,40-41,43-45,64,66,76H,3,9,11-13,16-27,31-35,37H2,2,4-6H3. The van der Waals surface area contributed by atoms with Gasteiger partial charge in [-0.2, -0.15) is 9.97 Å². The van der Waals surface area contributed by atoms with E-state index in [9.17, 15) is 14.7 Å². The van der Waals surface area contributed by atoms with Crippen LogP contribution in [0.2, 0.25) is 0 Å². The first kappa shape index (κ1) is 53.5. The van der Waals surface area contributed by atoms with Gasteiger partial charge in [0, 0.05) is 130 Å². The first-order chi connectivity index (χ1) is 37.7. The van der Waals surface area contributed by atoms with Gasteiger partial charge in [-0.3, -0.25) is 24.5 Å². The number of nitrogens with zero attached hydrogens (tertiary/aromatic N) is 9. The SMILES string of the molecule is C#Cc1c(C)ccc2cc(O)cc(-c3ncc4c(N5CC6CCC(C5)N6)nc(OCCN5CCC(CN6CCN(CC7CCN(c8ccc9c(c8F)CN(C(C=O)CCC(=C)NC)C9=O)CC7)CC6(C)C)CC5)nc4c3F)c12. The molecule has 3 atom stereocenters. The van der Waals surface area contributed by atoms with Crippen molar-refractivity contribution < 1.29 is 28.2 Å². The minimum Gasteiger partial charge on any atom is -0.508 e. The molecule has 3 N–H and O–H groups in total. The van der Waals surface area contributed by atoms with Crippen molar-refractivity contribution in [3.8, 4) is 35.4 Å². The summed E-state index contributed by atoms with van der Waals surface area (Å²) in [4.78, 5) is 53.4. The number of likely N-dealkylation sites (tertiary alicyclic amines) is 1. The minimum absolute atomic E-state index is 0.0127. The number of hydrogen-bond donors (Lipinski definition) is 3. The molecule has 0 saturated carbocycles. The number of phenolic OH excluding ortho intramolecular Hbond substituents is 1. The zero-order valence-electron chi connectivity index (χ0n) is 45.8. The number of benzene rings is 3. The van der Waals surface area contributed by atoms with Crippen LogP contribution in [0, 0.1) is 42.7 Å². The number of ether oxygens (including phenoxy) is 1. The fourth-order valence-electron chi connectivity index (χ4n) is 13.5. The molecular weight excluding hydrogens is 989 g/mol. The lowest BCUT2D eigenvalue weighted by Crippen LogP contribution is -2.61. The fourth-order valence-corrected chi connectivity index (χ4v) is 13.5. The van der Waals surface area contributed by atoms with Crippen molar-refractivity contribution >= 4 is 45.4 Å². The second-order valence-corrected chi connectivity index (χ2v) is 23.6. The molecule has 5 fully saturated rings. The van der Waals surface area contributed by atoms with Crippen LogP contribution in [-0.4, -0.2) is 168 Å². The fraction of sp³-hybridized carbons (Fsp3) is 0.525. The lowest BCUT2D eigenvalue weighted by atomic mass is 9.90. The predicted octanol–water partition coefficient (Wildman–Crippen LogP) is 7.50. The molecule has 78 heavy (non-hydrogen) atoms. The first-order valence-corrected chi connectivity index (χ1v) is 28.3. The Hall–Kier alpha value is -6.45. The smallest absolute Gasteiger partial charge is 0.319 e. The Morgan fingerprint density at radius 2 is 1.69 bits per heavy atom. The summed E-state index contributed by atoms with van der Waals surface area (Å²) in [5.74, 6) is 3.27. The van der Waals surface area contributed by atoms with E-state index in [2.05, 4.69) is 66.5 Å². The summed E-state index contributed by atoms with van der Waals surface area (Å²) >= 11 is 0. The number of rotatable bonds is 17. The molecule has 6 aliphatic rings. The monoisotopic (exact) mass is 1060 g/mol. The van der Waals surface area contributed by atoms with Crippen LogP contribution < -0.4 is 25.2 Å². The number of phenols is 1. The molecule has 6 aliphatic heterocycles. The van der Waals surface area contributed by atoms with Crippen molar-refractivity contribution in [2.75, 3.05) is 102 Å². The molecule has 5 aromatic rings. The number of terminal acetylenes is 1. The largest absolute Gasteiger partial charge is 0.508 e. The van der Waals surface area contributed by atoms with Crippen LogP contribution >= 0.6 is 0 Å². The Morgan fingerprint density at radius 1 is 0.949 bits per heavy atom. The van der Waals surface area contributed by atoms with E-state index in [-0.39, 0.29) is 46.8 Å². The second kappa shape index (κ2) is 22.4. The maximum atomic E-state index is 17.2. The summed E-state index contributed by atoms with van der Waals surface area (Å²) < 4.78 is 39.7. The topological polar surface area (TPSA) is 146 Å². The normalized spacial score (nSPS) is 21.8. The zero-order chi connectivity index (χ0) is 54.4. The van der Waals surface area contributed by atoms with Crippen LogP contribution in [0.15, 0.2) is 54.9 Å². The molecule has 0 aliphatic carbocycles. The lowest BCUT2D eigenvalue weighted by Gasteiger charge is -2.50. The molecule has 1 amide bonds. The van der Waals surface area contributed by atoms with Gasteiger partial charge in [-0.1, -0.05) is 24.6 Å². The maximum Gasteiger partial charge on any atom is 0.319 e. The number of fused-ring (bicyclic) bond motifs is 5. The highest BCUT2D eigenvalue weighted by Crippen LogP contribution is 2.41. The third-order valence-electron chi connectivity index (χ3n) is 18.0. The third-order valence-corrected chi connectivity index (χ3v) is 18.0. The van der Waals surface area contributed by atoms with Crippen molar-refractivity contribution in [2.45, 2.75) is 102 Å². The van der Waals surface area contributed by atoms with Gasteiger partial charge < -0.3 is 40.0 Å². The summed E-state index contributed by atoms with van der Waals surface area (Å²) in [5.41, 5.74) is 4.19. The van der Waals surface area contributed by atoms with E-state index >= 15 is 8.78 Å². The van der Waals surface area contributed by atoms with E-state index in [1.807, 2.05) is 19.1 Å². The lowest BCUT2D eigenvalue weighted by molar-refractivity contribution is -0.112. The molecule has 8 heterocycles. The van der Waals surface area contributed by atoms with Crippen LogP contribution in [0.3, 0.4) is 0 Å². The Balaban J connectivity index is 0.671. The number of carbonyl (C=O) groups excluding carboxylic acids is 2. The van der Waals surface area contributed by atoms with Gasteiger partial charge in [0.2, 0.25) is 0 Å². The number of pyridine rings is 1. The minimum atomic E-state index is -0.632. The van der Waals surface area contributed by atoms with E-state index in [4.69, 9.17) is 21.1 Å². The number of aryl methyl sites for hydroxylation is 1. The van der Waals surface area contributed by atoms with E-state index in [1.54, 1.807) is 31.4 Å². The molecular formula is C61H75F2N11O4. The predicted molar refractivity (Wildman–Crippen MR) is 302 cm³/mol. The van der Waals surface area contributed by atoms with Crippen LogP contribution in [0.5, 0.6) is 11.8 Å². The summed E-state index contributed by atoms with van der Waals surface area (Å²) in [7, 11) is 1.78. The summed E-state index contributed by atoms with van der Waals surface area (Å²) in [5, 5.41) is 19.3. The van der Waals surface area contributed by atoms with Gasteiger partial charge in [-0.15, -0.1) is 6.42 Å². The number of halogens is 2. The van der Waals surface area contributed by atoms with Crippen LogP contribution in [0.4, 0.5) is 20.3 Å². The molecule has 0 spiro atoms. The average molecular weight is 1060 g/mol. The highest BCUT2D eigenvalue weighted by atomic mass is 19.1. The Morgan fingerprint density at radius 3 is 2.41 bits per heavy atom. The number of anilines is 2. The highest BCUT2D eigenvalue weighted by molar-refractivity contribution is 6.03. The van der Waals surface area contributed by atoms with E-state index in [0.29, 0.717) is 99.8 Å². The van der Waals surface area contributed by atoms with Crippen molar-refractivity contribution in [3.63, 3.8) is 0 Å². The van der Waals surface area contributed by atoms with Crippen LogP contribution in [0.1, 0.15) is 92.3 Å². The first-order valence-electron chi connectivity index (χ1n) is 28.3. The number of aldehydes is 1. The van der Waals surface area contributed by atoms with Gasteiger partial charge in [-0.05, 0) is 132 Å². The number of piperidine rings is 2. The van der Waals surface area contributed by atoms with Crippen molar-refractivity contribution in [3.05, 3.63) is 88.8 Å². The third kappa shape index (κ3) is 10.7. The van der Waals surface area contributed by atoms with E-state index in [1.165, 1.54) is 11.0 Å². The van der Waals surface area contributed by atoms with Gasteiger partial charge in [-0.25, -0.2) is 8.78 Å². The summed E-state index contributed by atoms with van der Waals surface area (Å²) in [6.07, 6.45) is 15.8. The van der Waals surface area contributed by atoms with Gasteiger partial charge >= 0.3 is 6.01 Å². The van der Waals surface area contributed by atoms with Crippen molar-refractivity contribution in [1.82, 2.24) is 45.2 Å². The van der Waals surface area contributed by atoms with E-state index in [0.717, 1.165) is 128 Å². The van der Waals surface area contributed by atoms with Gasteiger partial charge in [0.1, 0.15) is 35.7 Å². The van der Waals surface area contributed by atoms with Crippen LogP contribution in [-0.2, 0) is 11.3 Å². The molecule has 2 bridgehead atoms. The molecule has 5 saturated heterocycles. The molecule has 15 nitrogen and oxygen atoms in total. The maximum absolute atomic E-state index is 17.2. The number of carbonyl (C=O) groups is 2. The zero-order valence-corrected chi connectivity index (χ0v) is 45.8. The molecule has 2 aromatic heterocycles. The number of hydrogen-bond acceptors (Lipinski definition) is 14. The summed E-state index contributed by atoms with van der Waals surface area (Å²) in [6.45, 7) is 21.9. The number of amides is 1. The van der Waals surface area contributed by atoms with Crippen molar-refractivity contribution in [2.24, 2.45) is 11.8 Å². The van der Waals surface area contributed by atoms with Gasteiger partial charge in [0.05, 0.1) is 23.7 Å². The molecule has 11 rings (SSSR count). The Kier molecular flexibility index (Phi) is 15.3. The number of allylic oxidation sites excluding steroid dienone is 1. The molecule has 412 valence electrons. The Labute approximate surface area is 457 Å². The highest BCUT2D eigenvalue weighted by Gasteiger charge is 2.39. The quantitative estimate of drug-likeness (QED) is 0.0625. The molecule has 3 unspecified atom stereocenters. The number of aromatic nitrogens is 3. The van der Waals surface area contributed by atoms with Gasteiger partial charge in [0.25, 0.3) is 5.91 Å². The molecule has 17 heteroatoms. The second-order valence-electron chi connectivity index (χ2n) is 23.6. The molecule has 3 aromatic carbocycles. The number of aromatic hydroxyl groups is 1. The Bertz CT molecular complexity index is 3140. The number of piperazine rings is 2. The summed E-state index contributed by atoms with van der Waals surface area (Å²) in [6, 6.07) is 10.6. The van der Waals surface area contributed by atoms with E-state index < -0.39 is 11.9 Å². The van der Waals surface area contributed by atoms with Crippen LogP contribution in [0.25, 0.3) is 32.9 Å².